The maximum atomic E-state index is 10.1. The van der Waals surface area contributed by atoms with Gasteiger partial charge in [-0.15, -0.1) is 0 Å². The summed E-state index contributed by atoms with van der Waals surface area (Å²) in [5.41, 5.74) is 0. The van der Waals surface area contributed by atoms with E-state index in [1.165, 1.54) is 0 Å². The second-order valence-corrected chi connectivity index (χ2v) is 1.92. The van der Waals surface area contributed by atoms with E-state index in [1.54, 1.807) is 6.92 Å². The Morgan fingerprint density at radius 2 is 2.50 bits per heavy atom. The van der Waals surface area contributed by atoms with E-state index in [-0.39, 0.29) is 0 Å². The molecule has 0 aliphatic carbocycles. The van der Waals surface area contributed by atoms with Gasteiger partial charge in [0.1, 0.15) is 6.04 Å². The Kier molecular flexibility index (Phi) is 4.25. The van der Waals surface area contributed by atoms with Gasteiger partial charge >= 0.3 is 5.97 Å². The molecular formula is C6H10N2O2. The molecule has 0 aliphatic heterocycles. The fourth-order valence-electron chi connectivity index (χ4n) is 0.432. The predicted molar refractivity (Wildman–Crippen MR) is 35.3 cm³/mol. The summed E-state index contributed by atoms with van der Waals surface area (Å²) in [6, 6.07) is 1.34. The molecule has 0 amide bonds. The van der Waals surface area contributed by atoms with Crippen molar-refractivity contribution >= 4 is 5.97 Å². The van der Waals surface area contributed by atoms with E-state index < -0.39 is 12.0 Å². The molecule has 4 heteroatoms. The Bertz CT molecular complexity index is 150. The highest BCUT2D eigenvalue weighted by molar-refractivity contribution is 5.72. The van der Waals surface area contributed by atoms with E-state index in [1.807, 2.05) is 6.07 Å². The molecule has 0 bridgehead atoms. The number of aliphatic carboxylic acids is 1. The molecule has 56 valence electrons. The Labute approximate surface area is 59.5 Å². The van der Waals surface area contributed by atoms with Gasteiger partial charge in [0.15, 0.2) is 0 Å². The summed E-state index contributed by atoms with van der Waals surface area (Å²) in [4.78, 5) is 10.1. The standard InChI is InChI=1S/C6H10N2O2/c1-5(6(9)10)8-4-2-3-7/h5,8H,2,4H2,1H3,(H,9,10). The number of nitriles is 1. The van der Waals surface area contributed by atoms with Crippen molar-refractivity contribution in [2.45, 2.75) is 19.4 Å². The summed E-state index contributed by atoms with van der Waals surface area (Å²) >= 11 is 0. The number of nitrogens with one attached hydrogen (secondary N) is 1. The van der Waals surface area contributed by atoms with Crippen molar-refractivity contribution < 1.29 is 9.90 Å². The van der Waals surface area contributed by atoms with Gasteiger partial charge in [-0.05, 0) is 6.92 Å². The Morgan fingerprint density at radius 3 is 2.90 bits per heavy atom. The van der Waals surface area contributed by atoms with Gasteiger partial charge in [0, 0.05) is 13.0 Å². The lowest BCUT2D eigenvalue weighted by Gasteiger charge is -2.05. The second kappa shape index (κ2) is 4.77. The van der Waals surface area contributed by atoms with Crippen LogP contribution in [0.3, 0.4) is 0 Å². The Balaban J connectivity index is 3.32. The number of carboxylic acid groups (broad SMARTS) is 1. The summed E-state index contributed by atoms with van der Waals surface area (Å²) in [7, 11) is 0. The molecule has 0 radical (unpaired) electrons. The van der Waals surface area contributed by atoms with Gasteiger partial charge in [-0.1, -0.05) is 0 Å². The first-order valence-electron chi connectivity index (χ1n) is 3.01. The van der Waals surface area contributed by atoms with Crippen LogP contribution in [-0.2, 0) is 4.79 Å². The minimum absolute atomic E-state index is 0.345. The van der Waals surface area contributed by atoms with Gasteiger partial charge in [0.25, 0.3) is 0 Å². The molecule has 0 heterocycles. The van der Waals surface area contributed by atoms with Crippen LogP contribution in [0.2, 0.25) is 0 Å². The number of rotatable bonds is 4. The minimum Gasteiger partial charge on any atom is -0.480 e. The third kappa shape index (κ3) is 3.87. The van der Waals surface area contributed by atoms with Crippen LogP contribution < -0.4 is 5.32 Å². The molecule has 0 aromatic carbocycles. The van der Waals surface area contributed by atoms with Crippen molar-refractivity contribution in [3.05, 3.63) is 0 Å². The molecule has 1 unspecified atom stereocenters. The van der Waals surface area contributed by atoms with Crippen LogP contribution >= 0.6 is 0 Å². The molecule has 10 heavy (non-hydrogen) atoms. The van der Waals surface area contributed by atoms with Crippen molar-refractivity contribution in [1.82, 2.24) is 5.32 Å². The highest BCUT2D eigenvalue weighted by Crippen LogP contribution is 1.80. The molecule has 0 rings (SSSR count). The van der Waals surface area contributed by atoms with E-state index in [9.17, 15) is 4.79 Å². The highest BCUT2D eigenvalue weighted by atomic mass is 16.4. The SMILES string of the molecule is CC(NCCC#N)C(=O)O. The average Bonchev–Trinajstić information content (AvgIpc) is 1.88. The molecule has 0 spiro atoms. The van der Waals surface area contributed by atoms with Crippen molar-refractivity contribution in [3.8, 4) is 6.07 Å². The van der Waals surface area contributed by atoms with E-state index in [2.05, 4.69) is 5.32 Å². The predicted octanol–water partition coefficient (Wildman–Crippen LogP) is -0.0372. The zero-order valence-electron chi connectivity index (χ0n) is 5.79. The molecule has 4 nitrogen and oxygen atoms in total. The van der Waals surface area contributed by atoms with Crippen LogP contribution in [0.5, 0.6) is 0 Å². The molecule has 0 aromatic heterocycles. The first kappa shape index (κ1) is 8.92. The quantitative estimate of drug-likeness (QED) is 0.540. The average molecular weight is 142 g/mol. The van der Waals surface area contributed by atoms with Gasteiger partial charge < -0.3 is 10.4 Å². The van der Waals surface area contributed by atoms with Gasteiger partial charge in [0.2, 0.25) is 0 Å². The first-order valence-corrected chi connectivity index (χ1v) is 3.01. The lowest BCUT2D eigenvalue weighted by molar-refractivity contribution is -0.138. The first-order chi connectivity index (χ1) is 4.68. The largest absolute Gasteiger partial charge is 0.480 e. The molecular weight excluding hydrogens is 132 g/mol. The number of hydrogen-bond donors (Lipinski definition) is 2. The summed E-state index contributed by atoms with van der Waals surface area (Å²) in [6.45, 7) is 1.98. The van der Waals surface area contributed by atoms with Gasteiger partial charge in [-0.2, -0.15) is 5.26 Å². The molecule has 0 saturated heterocycles. The molecule has 0 saturated carbocycles. The van der Waals surface area contributed by atoms with Crippen LogP contribution in [-0.4, -0.2) is 23.7 Å². The normalized spacial score (nSPS) is 12.0. The fourth-order valence-corrected chi connectivity index (χ4v) is 0.432. The molecule has 0 aliphatic rings. The van der Waals surface area contributed by atoms with Crippen molar-refractivity contribution in [2.75, 3.05) is 6.54 Å². The molecule has 1 atom stereocenters. The number of carboxylic acids is 1. The summed E-state index contributed by atoms with van der Waals surface area (Å²) in [5, 5.41) is 19.1. The zero-order chi connectivity index (χ0) is 7.98. The smallest absolute Gasteiger partial charge is 0.320 e. The van der Waals surface area contributed by atoms with Crippen molar-refractivity contribution in [3.63, 3.8) is 0 Å². The third-order valence-corrected chi connectivity index (χ3v) is 1.06. The highest BCUT2D eigenvalue weighted by Gasteiger charge is 2.07. The lowest BCUT2D eigenvalue weighted by atomic mass is 10.3. The van der Waals surface area contributed by atoms with Crippen LogP contribution in [0.15, 0.2) is 0 Å². The number of hydrogen-bond acceptors (Lipinski definition) is 3. The van der Waals surface area contributed by atoms with Gasteiger partial charge in [0.05, 0.1) is 6.07 Å². The summed E-state index contributed by atoms with van der Waals surface area (Å²) in [5.74, 6) is -0.891. The van der Waals surface area contributed by atoms with E-state index >= 15 is 0 Å². The van der Waals surface area contributed by atoms with Crippen molar-refractivity contribution in [2.24, 2.45) is 0 Å². The van der Waals surface area contributed by atoms with Crippen molar-refractivity contribution in [1.29, 1.82) is 5.26 Å². The summed E-state index contributed by atoms with van der Waals surface area (Å²) < 4.78 is 0. The van der Waals surface area contributed by atoms with E-state index in [0.29, 0.717) is 13.0 Å². The maximum absolute atomic E-state index is 10.1. The zero-order valence-corrected chi connectivity index (χ0v) is 5.79. The third-order valence-electron chi connectivity index (χ3n) is 1.06. The second-order valence-electron chi connectivity index (χ2n) is 1.92. The maximum Gasteiger partial charge on any atom is 0.320 e. The van der Waals surface area contributed by atoms with Crippen LogP contribution in [0.25, 0.3) is 0 Å². The van der Waals surface area contributed by atoms with E-state index in [4.69, 9.17) is 10.4 Å². The monoisotopic (exact) mass is 142 g/mol. The Hall–Kier alpha value is -1.08. The molecule has 2 N–H and O–H groups in total. The number of carbonyl (C=O) groups is 1. The van der Waals surface area contributed by atoms with Crippen LogP contribution in [0.1, 0.15) is 13.3 Å². The van der Waals surface area contributed by atoms with Gasteiger partial charge in [-0.25, -0.2) is 0 Å². The van der Waals surface area contributed by atoms with Crippen LogP contribution in [0, 0.1) is 11.3 Å². The molecule has 0 fully saturated rings. The lowest BCUT2D eigenvalue weighted by Crippen LogP contribution is -2.34. The fraction of sp³-hybridized carbons (Fsp3) is 0.667. The topological polar surface area (TPSA) is 73.1 Å². The van der Waals surface area contributed by atoms with Crippen LogP contribution in [0.4, 0.5) is 0 Å². The number of nitrogens with zero attached hydrogens (tertiary/aromatic N) is 1. The summed E-state index contributed by atoms with van der Waals surface area (Å²) in [6.07, 6.45) is 0.345. The van der Waals surface area contributed by atoms with Gasteiger partial charge in [-0.3, -0.25) is 4.79 Å². The van der Waals surface area contributed by atoms with E-state index in [0.717, 1.165) is 0 Å². The minimum atomic E-state index is -0.891. The molecule has 0 aromatic rings. The Morgan fingerprint density at radius 1 is 1.90 bits per heavy atom.